The first-order chi connectivity index (χ1) is 13.0. The molecule has 3 rings (SSSR count). The van der Waals surface area contributed by atoms with E-state index in [0.717, 1.165) is 50.8 Å². The molecule has 27 heavy (non-hydrogen) atoms. The molecule has 0 aromatic carbocycles. The molecule has 0 saturated heterocycles. The molecule has 2 N–H and O–H groups in total. The van der Waals surface area contributed by atoms with Gasteiger partial charge in [-0.1, -0.05) is 24.3 Å². The highest BCUT2D eigenvalue weighted by Crippen LogP contribution is 2.46. The number of hydrogen-bond donors (Lipinski definition) is 2. The van der Waals surface area contributed by atoms with Crippen LogP contribution in [-0.2, 0) is 16.1 Å². The number of hydroxylamine groups is 1. The van der Waals surface area contributed by atoms with Crippen molar-refractivity contribution in [1.29, 1.82) is 0 Å². The van der Waals surface area contributed by atoms with E-state index in [4.69, 9.17) is 5.21 Å². The first kappa shape index (κ1) is 19.5. The number of rotatable bonds is 7. The van der Waals surface area contributed by atoms with Gasteiger partial charge in [-0.05, 0) is 63.2 Å². The molecule has 1 aromatic heterocycles. The number of nitrogens with one attached hydrogen (secondary N) is 1. The van der Waals surface area contributed by atoms with Crippen molar-refractivity contribution in [2.75, 3.05) is 13.6 Å². The van der Waals surface area contributed by atoms with E-state index in [9.17, 15) is 9.59 Å². The van der Waals surface area contributed by atoms with Crippen LogP contribution in [0.25, 0.3) is 0 Å². The maximum absolute atomic E-state index is 12.0. The third kappa shape index (κ3) is 4.70. The van der Waals surface area contributed by atoms with Crippen LogP contribution in [0.1, 0.15) is 31.4 Å². The average Bonchev–Trinajstić information content (AvgIpc) is 2.72. The minimum Gasteiger partial charge on any atom is -0.303 e. The van der Waals surface area contributed by atoms with Crippen molar-refractivity contribution in [3.05, 3.63) is 53.9 Å². The molecule has 2 aliphatic carbocycles. The minimum absolute atomic E-state index is 0.252. The predicted octanol–water partition coefficient (Wildman–Crippen LogP) is 2.51. The molecule has 6 heteroatoms. The van der Waals surface area contributed by atoms with Crippen molar-refractivity contribution in [2.45, 2.75) is 32.2 Å². The number of pyridine rings is 1. The smallest absolute Gasteiger partial charge is 0.274 e. The lowest BCUT2D eigenvalue weighted by Crippen LogP contribution is -2.38. The molecule has 6 nitrogen and oxygen atoms in total. The second-order valence-electron chi connectivity index (χ2n) is 7.78. The van der Waals surface area contributed by atoms with Gasteiger partial charge in [0, 0.05) is 23.7 Å². The molecule has 1 aromatic rings. The Morgan fingerprint density at radius 3 is 3.00 bits per heavy atom. The summed E-state index contributed by atoms with van der Waals surface area (Å²) in [5, 5.41) is 8.80. The first-order valence-electron chi connectivity index (χ1n) is 9.44. The van der Waals surface area contributed by atoms with Crippen LogP contribution >= 0.6 is 0 Å². The van der Waals surface area contributed by atoms with E-state index in [1.54, 1.807) is 17.8 Å². The Labute approximate surface area is 159 Å². The quantitative estimate of drug-likeness (QED) is 0.438. The van der Waals surface area contributed by atoms with E-state index in [0.29, 0.717) is 5.57 Å². The van der Waals surface area contributed by atoms with Crippen molar-refractivity contribution in [3.63, 3.8) is 0 Å². The fourth-order valence-corrected chi connectivity index (χ4v) is 4.19. The second-order valence-corrected chi connectivity index (χ2v) is 7.78. The van der Waals surface area contributed by atoms with E-state index < -0.39 is 5.91 Å². The second kappa shape index (κ2) is 8.59. The van der Waals surface area contributed by atoms with Gasteiger partial charge in [0.15, 0.2) is 0 Å². The molecule has 1 amide bonds. The van der Waals surface area contributed by atoms with Gasteiger partial charge in [-0.15, -0.1) is 0 Å². The van der Waals surface area contributed by atoms with Crippen LogP contribution in [0.5, 0.6) is 0 Å². The summed E-state index contributed by atoms with van der Waals surface area (Å²) in [5.41, 5.74) is 2.89. The number of carbonyl (C=O) groups is 2. The summed E-state index contributed by atoms with van der Waals surface area (Å²) in [6, 6.07) is 5.90. The SMILES string of the molecule is CN(CC[C@@]1(C=O)CCC2C=C(C(=O)NO)C=CC2C1)Cc1ccccn1. The zero-order valence-corrected chi connectivity index (χ0v) is 15.7. The molecule has 1 heterocycles. The number of nitrogens with zero attached hydrogens (tertiary/aromatic N) is 2. The summed E-state index contributed by atoms with van der Waals surface area (Å²) in [6.07, 6.45) is 12.0. The third-order valence-electron chi connectivity index (χ3n) is 5.85. The molecule has 144 valence electrons. The fourth-order valence-electron chi connectivity index (χ4n) is 4.19. The van der Waals surface area contributed by atoms with Crippen molar-refractivity contribution in [3.8, 4) is 0 Å². The van der Waals surface area contributed by atoms with E-state index >= 15 is 0 Å². The number of aromatic nitrogens is 1. The van der Waals surface area contributed by atoms with E-state index in [1.165, 1.54) is 0 Å². The number of aldehydes is 1. The van der Waals surface area contributed by atoms with Gasteiger partial charge in [-0.3, -0.25) is 15.0 Å². The molecular formula is C21H27N3O3. The number of fused-ring (bicyclic) bond motifs is 1. The highest BCUT2D eigenvalue weighted by Gasteiger charge is 2.40. The Balaban J connectivity index is 1.58. The van der Waals surface area contributed by atoms with Crippen LogP contribution < -0.4 is 5.48 Å². The van der Waals surface area contributed by atoms with Crippen molar-refractivity contribution >= 4 is 12.2 Å². The zero-order chi connectivity index (χ0) is 19.3. The minimum atomic E-state index is -0.479. The Bertz CT molecular complexity index is 731. The number of allylic oxidation sites excluding steroid dienone is 2. The fraction of sp³-hybridized carbons (Fsp3) is 0.476. The Kier molecular flexibility index (Phi) is 6.19. The van der Waals surface area contributed by atoms with Gasteiger partial charge in [0.2, 0.25) is 0 Å². The number of hydrogen-bond acceptors (Lipinski definition) is 5. The van der Waals surface area contributed by atoms with Gasteiger partial charge in [0.25, 0.3) is 5.91 Å². The van der Waals surface area contributed by atoms with Gasteiger partial charge in [0.05, 0.1) is 5.69 Å². The molecule has 1 saturated carbocycles. The number of carbonyl (C=O) groups excluding carboxylic acids is 2. The zero-order valence-electron chi connectivity index (χ0n) is 15.7. The molecule has 2 unspecified atom stereocenters. The first-order valence-corrected chi connectivity index (χ1v) is 9.44. The average molecular weight is 369 g/mol. The molecule has 0 spiro atoms. The van der Waals surface area contributed by atoms with Crippen LogP contribution in [-0.4, -0.2) is 40.9 Å². The molecule has 3 atom stereocenters. The normalized spacial score (nSPS) is 27.0. The van der Waals surface area contributed by atoms with Crippen molar-refractivity contribution < 1.29 is 14.8 Å². The maximum atomic E-state index is 12.0. The monoisotopic (exact) mass is 369 g/mol. The van der Waals surface area contributed by atoms with Crippen LogP contribution in [0, 0.1) is 17.3 Å². The van der Waals surface area contributed by atoms with Crippen LogP contribution in [0.15, 0.2) is 48.2 Å². The molecule has 0 bridgehead atoms. The lowest BCUT2D eigenvalue weighted by molar-refractivity contribution is -0.125. The molecule has 0 aliphatic heterocycles. The largest absolute Gasteiger partial charge is 0.303 e. The van der Waals surface area contributed by atoms with Gasteiger partial charge < -0.3 is 9.69 Å². The lowest BCUT2D eigenvalue weighted by Gasteiger charge is -2.41. The van der Waals surface area contributed by atoms with Gasteiger partial charge in [0.1, 0.15) is 6.29 Å². The molecule has 1 fully saturated rings. The molecule has 0 radical (unpaired) electrons. The summed E-state index contributed by atoms with van der Waals surface area (Å²) < 4.78 is 0. The summed E-state index contributed by atoms with van der Waals surface area (Å²) in [6.45, 7) is 1.61. The number of amides is 1. The van der Waals surface area contributed by atoms with E-state index in [1.807, 2.05) is 30.4 Å². The van der Waals surface area contributed by atoms with Crippen LogP contribution in [0.4, 0.5) is 0 Å². The lowest BCUT2D eigenvalue weighted by atomic mass is 9.63. The Morgan fingerprint density at radius 2 is 2.30 bits per heavy atom. The molecular weight excluding hydrogens is 342 g/mol. The van der Waals surface area contributed by atoms with Crippen molar-refractivity contribution in [1.82, 2.24) is 15.4 Å². The van der Waals surface area contributed by atoms with Crippen LogP contribution in [0.2, 0.25) is 0 Å². The summed E-state index contributed by atoms with van der Waals surface area (Å²) in [4.78, 5) is 30.1. The van der Waals surface area contributed by atoms with Gasteiger partial charge >= 0.3 is 0 Å². The van der Waals surface area contributed by atoms with Crippen LogP contribution in [0.3, 0.4) is 0 Å². The van der Waals surface area contributed by atoms with E-state index in [2.05, 4.69) is 16.9 Å². The Morgan fingerprint density at radius 1 is 1.44 bits per heavy atom. The summed E-state index contributed by atoms with van der Waals surface area (Å²) in [7, 11) is 2.06. The highest BCUT2D eigenvalue weighted by atomic mass is 16.5. The maximum Gasteiger partial charge on any atom is 0.274 e. The van der Waals surface area contributed by atoms with Gasteiger partial charge in [-0.25, -0.2) is 5.48 Å². The summed E-state index contributed by atoms with van der Waals surface area (Å²) >= 11 is 0. The van der Waals surface area contributed by atoms with Gasteiger partial charge in [-0.2, -0.15) is 0 Å². The summed E-state index contributed by atoms with van der Waals surface area (Å²) in [5.74, 6) is 0.0370. The topological polar surface area (TPSA) is 82.5 Å². The van der Waals surface area contributed by atoms with E-state index in [-0.39, 0.29) is 17.3 Å². The third-order valence-corrected chi connectivity index (χ3v) is 5.85. The highest BCUT2D eigenvalue weighted by molar-refractivity contribution is 5.95. The Hall–Kier alpha value is -2.31. The van der Waals surface area contributed by atoms with Crippen molar-refractivity contribution in [2.24, 2.45) is 17.3 Å². The predicted molar refractivity (Wildman–Crippen MR) is 102 cm³/mol. The molecule has 2 aliphatic rings. The standard InChI is InChI=1S/C21H27N3O3/c1-24(14-19-4-2-3-10-22-19)11-9-21(15-25)8-7-16-12-17(20(26)23-27)5-6-18(16)13-21/h2-6,10,12,15-16,18,27H,7-9,11,13-14H2,1H3,(H,23,26)/t16?,18?,21-/m0/s1.